The van der Waals surface area contributed by atoms with Crippen molar-refractivity contribution in [2.24, 2.45) is 23.7 Å². The molecule has 0 fully saturated rings. The first-order valence-corrected chi connectivity index (χ1v) is 14.4. The number of aliphatic hydroxyl groups excluding tert-OH is 1. The molecule has 3 aromatic heterocycles. The largest absolute Gasteiger partial charge is 0.512 e. The number of nitrogens with zero attached hydrogens (tertiary/aromatic N) is 3. The monoisotopic (exact) mass is 739 g/mol. The molecule has 0 aliphatic rings. The summed E-state index contributed by atoms with van der Waals surface area (Å²) < 4.78 is 4.12. The number of aliphatic hydroxyl groups is 1. The fraction of sp³-hybridized carbons (Fsp3) is 0.424. The molecule has 0 unspecified atom stereocenters. The number of imidazole rings is 1. The molecule has 0 bridgehead atoms. The molecule has 1 N–H and O–H groups in total. The molecule has 0 aliphatic carbocycles. The Hall–Kier alpha value is -2.60. The maximum Gasteiger partial charge on any atom is 0.161 e. The van der Waals surface area contributed by atoms with Crippen molar-refractivity contribution < 1.29 is 34.6 Å². The van der Waals surface area contributed by atoms with Gasteiger partial charge in [-0.25, -0.2) is 8.77 Å². The van der Waals surface area contributed by atoms with E-state index in [-0.39, 0.29) is 43.5 Å². The first-order valence-electron chi connectivity index (χ1n) is 13.7. The Balaban J connectivity index is 0.000000307. The zero-order chi connectivity index (χ0) is 29.3. The number of allylic oxidation sites excluding steroid dienone is 2. The number of hydrogen-bond donors (Lipinski definition) is 1. The van der Waals surface area contributed by atoms with Crippen LogP contribution in [0.5, 0.6) is 0 Å². The van der Waals surface area contributed by atoms with E-state index in [9.17, 15) is 9.90 Å². The van der Waals surface area contributed by atoms with Gasteiger partial charge in [0.15, 0.2) is 5.78 Å². The summed E-state index contributed by atoms with van der Waals surface area (Å²) in [6.45, 7) is 24.7. The number of hydrogen-bond acceptors (Lipinski definition) is 4. The van der Waals surface area contributed by atoms with Crippen molar-refractivity contribution in [1.82, 2.24) is 8.77 Å². The second-order valence-electron chi connectivity index (χ2n) is 11.6. The number of pyridine rings is 1. The molecule has 0 spiro atoms. The maximum atomic E-state index is 11.5. The van der Waals surface area contributed by atoms with Gasteiger partial charge >= 0.3 is 0 Å². The van der Waals surface area contributed by atoms with E-state index < -0.39 is 0 Å². The summed E-state index contributed by atoms with van der Waals surface area (Å²) in [5, 5.41) is 9.91. The average molecular weight is 739 g/mol. The molecule has 4 rings (SSSR count). The quantitative estimate of drug-likeness (QED) is 0.0941. The van der Waals surface area contributed by atoms with Crippen LogP contribution in [0.15, 0.2) is 36.2 Å². The smallest absolute Gasteiger partial charge is 0.161 e. The Bertz CT molecular complexity index is 1530. The molecule has 0 saturated carbocycles. The van der Waals surface area contributed by atoms with Gasteiger partial charge in [0.25, 0.3) is 0 Å². The molecule has 0 amide bonds. The molecule has 5 nitrogen and oxygen atoms in total. The third-order valence-electron chi connectivity index (χ3n) is 7.40. The van der Waals surface area contributed by atoms with Crippen molar-refractivity contribution in [3.8, 4) is 11.3 Å². The second kappa shape index (κ2) is 13.4. The van der Waals surface area contributed by atoms with Crippen molar-refractivity contribution in [1.29, 1.82) is 0 Å². The van der Waals surface area contributed by atoms with E-state index in [4.69, 9.17) is 4.98 Å². The summed E-state index contributed by atoms with van der Waals surface area (Å²) in [5.74, 6) is 0.958. The molecule has 0 saturated heterocycles. The Labute approximate surface area is 257 Å². The van der Waals surface area contributed by atoms with Gasteiger partial charge in [0.05, 0.1) is 28.7 Å². The molecule has 40 heavy (non-hydrogen) atoms. The van der Waals surface area contributed by atoms with Crippen LogP contribution in [-0.4, -0.2) is 19.7 Å². The number of aromatic nitrogens is 3. The van der Waals surface area contributed by atoms with Gasteiger partial charge < -0.3 is 9.67 Å². The molecule has 7 heteroatoms. The Kier molecular flexibility index (Phi) is 11.2. The van der Waals surface area contributed by atoms with E-state index in [0.29, 0.717) is 11.8 Å². The SMILES string of the molecule is CC(C)C(=O)/C=C(\O)C(C(C)C)C(C)C.[CH2-]c1c(C)cc(C)cc1-c1c2nc3c(C)c(C)sn3c2cc[n+]1[CH2-].[Ir]. The third kappa shape index (κ3) is 6.82. The Morgan fingerprint density at radius 2 is 1.68 bits per heavy atom. The standard InChI is InChI=1S/C20H20N3S.C13H24O2.Ir/c1-11-9-12(2)13(3)16(10-11)19-18-17(7-8-22(19)6)23-20(21-18)14(4)15(5)24-23;1-8(2)11(14)7-12(15)13(9(3)4)10(5)6;/h7-10H,3,6H2,1-2,4-5H3;7-10,13,15H,1-6H3;/q-1;;/b;12-7-;. The third-order valence-corrected chi connectivity index (χ3v) is 8.53. The second-order valence-corrected chi connectivity index (χ2v) is 12.8. The van der Waals surface area contributed by atoms with E-state index in [1.54, 1.807) is 11.5 Å². The fourth-order valence-electron chi connectivity index (χ4n) is 5.15. The van der Waals surface area contributed by atoms with Crippen LogP contribution < -0.4 is 4.57 Å². The molecule has 0 atom stereocenters. The minimum absolute atomic E-state index is 0. The Morgan fingerprint density at radius 1 is 1.07 bits per heavy atom. The van der Waals surface area contributed by atoms with Gasteiger partial charge in [0.2, 0.25) is 0 Å². The van der Waals surface area contributed by atoms with Crippen molar-refractivity contribution >= 4 is 34.0 Å². The van der Waals surface area contributed by atoms with Crippen LogP contribution in [0.3, 0.4) is 0 Å². The average Bonchev–Trinajstić information content (AvgIpc) is 3.31. The molecule has 1 radical (unpaired) electrons. The van der Waals surface area contributed by atoms with E-state index in [2.05, 4.69) is 91.4 Å². The van der Waals surface area contributed by atoms with Crippen molar-refractivity contribution in [2.75, 3.05) is 0 Å². The minimum atomic E-state index is -0.0490. The topological polar surface area (TPSA) is 58.5 Å². The molecular formula is C33H44IrN3O2S-. The van der Waals surface area contributed by atoms with Crippen LogP contribution in [0.2, 0.25) is 0 Å². The van der Waals surface area contributed by atoms with Crippen LogP contribution in [0.25, 0.3) is 27.9 Å². The van der Waals surface area contributed by atoms with Crippen LogP contribution >= 0.6 is 11.5 Å². The van der Waals surface area contributed by atoms with Gasteiger partial charge in [0.1, 0.15) is 5.65 Å². The van der Waals surface area contributed by atoms with Gasteiger partial charge in [-0.2, -0.15) is 18.1 Å². The molecule has 3 heterocycles. The number of carbonyl (C=O) groups is 1. The minimum Gasteiger partial charge on any atom is -0.512 e. The van der Waals surface area contributed by atoms with Crippen molar-refractivity contribution in [3.05, 3.63) is 77.3 Å². The van der Waals surface area contributed by atoms with E-state index in [0.717, 1.165) is 33.5 Å². The van der Waals surface area contributed by atoms with Crippen LogP contribution in [-0.2, 0) is 24.9 Å². The van der Waals surface area contributed by atoms with Gasteiger partial charge in [-0.15, -0.1) is 17.7 Å². The van der Waals surface area contributed by atoms with Gasteiger partial charge in [0, 0.05) is 55.5 Å². The summed E-state index contributed by atoms with van der Waals surface area (Å²) >= 11 is 1.74. The predicted octanol–water partition coefficient (Wildman–Crippen LogP) is 8.14. The number of carbonyl (C=O) groups excluding carboxylic acids is 1. The summed E-state index contributed by atoms with van der Waals surface area (Å²) in [5.41, 5.74) is 9.97. The van der Waals surface area contributed by atoms with Gasteiger partial charge in [-0.3, -0.25) is 4.79 Å². The summed E-state index contributed by atoms with van der Waals surface area (Å²) in [4.78, 5) is 17.7. The fourth-order valence-corrected chi connectivity index (χ4v) is 6.17. The number of rotatable bonds is 6. The van der Waals surface area contributed by atoms with Crippen LogP contribution in [0.1, 0.15) is 68.7 Å². The van der Waals surface area contributed by atoms with Crippen molar-refractivity contribution in [3.63, 3.8) is 0 Å². The van der Waals surface area contributed by atoms with Gasteiger partial charge in [-0.05, 0) is 38.7 Å². The summed E-state index contributed by atoms with van der Waals surface area (Å²) in [7, 11) is 4.19. The summed E-state index contributed by atoms with van der Waals surface area (Å²) in [6, 6.07) is 6.43. The number of benzene rings is 1. The predicted molar refractivity (Wildman–Crippen MR) is 164 cm³/mol. The van der Waals surface area contributed by atoms with Crippen molar-refractivity contribution in [2.45, 2.75) is 69.2 Å². The zero-order valence-electron chi connectivity index (χ0n) is 25.5. The van der Waals surface area contributed by atoms with E-state index in [1.165, 1.54) is 27.6 Å². The summed E-state index contributed by atoms with van der Waals surface area (Å²) in [6.07, 6.45) is 3.41. The first kappa shape index (κ1) is 33.6. The zero-order valence-corrected chi connectivity index (χ0v) is 28.8. The Morgan fingerprint density at radius 3 is 2.23 bits per heavy atom. The number of ketones is 1. The van der Waals surface area contributed by atoms with Gasteiger partial charge in [-0.1, -0.05) is 65.6 Å². The van der Waals surface area contributed by atoms with E-state index >= 15 is 0 Å². The van der Waals surface area contributed by atoms with Crippen LogP contribution in [0, 0.1) is 65.3 Å². The first-order chi connectivity index (χ1) is 18.1. The number of aryl methyl sites for hydroxylation is 4. The maximum absolute atomic E-state index is 11.5. The van der Waals surface area contributed by atoms with Crippen LogP contribution in [0.4, 0.5) is 0 Å². The molecule has 0 aliphatic heterocycles. The normalized spacial score (nSPS) is 12.0. The van der Waals surface area contributed by atoms with E-state index in [1.807, 2.05) is 24.6 Å². The molecule has 219 valence electrons. The molecular weight excluding hydrogens is 695 g/mol. The molecule has 4 aromatic rings. The number of fused-ring (bicyclic) bond motifs is 3. The molecule has 1 aromatic carbocycles.